The van der Waals surface area contributed by atoms with E-state index >= 15 is 0 Å². The van der Waals surface area contributed by atoms with Gasteiger partial charge in [0.1, 0.15) is 0 Å². The first-order chi connectivity index (χ1) is 11.5. The van der Waals surface area contributed by atoms with Crippen molar-refractivity contribution in [2.75, 3.05) is 12.4 Å². The minimum atomic E-state index is -3.60. The molecule has 0 unspecified atom stereocenters. The van der Waals surface area contributed by atoms with E-state index in [9.17, 15) is 13.2 Å². The van der Waals surface area contributed by atoms with Gasteiger partial charge in [0.05, 0.1) is 16.1 Å². The normalized spacial score (nSPS) is 11.4. The Morgan fingerprint density at radius 3 is 2.62 bits per heavy atom. The zero-order valence-electron chi connectivity index (χ0n) is 12.9. The number of carbonyl (C=O) groups excluding carboxylic acids is 1. The monoisotopic (exact) mass is 341 g/mol. The third-order valence-electron chi connectivity index (χ3n) is 3.57. The summed E-state index contributed by atoms with van der Waals surface area (Å²) in [5, 5.41) is 3.62. The zero-order valence-corrected chi connectivity index (χ0v) is 13.7. The molecule has 0 aliphatic rings. The van der Waals surface area contributed by atoms with E-state index in [1.807, 2.05) is 24.3 Å². The van der Waals surface area contributed by atoms with E-state index in [0.29, 0.717) is 5.69 Å². The molecule has 24 heavy (non-hydrogen) atoms. The lowest BCUT2D eigenvalue weighted by atomic mass is 10.1. The van der Waals surface area contributed by atoms with Gasteiger partial charge in [-0.05, 0) is 37.4 Å². The highest BCUT2D eigenvalue weighted by Gasteiger charge is 2.15. The summed E-state index contributed by atoms with van der Waals surface area (Å²) in [6, 6.07) is 15.0. The molecule has 0 aliphatic heterocycles. The lowest BCUT2D eigenvalue weighted by molar-refractivity contribution is 0.102. The van der Waals surface area contributed by atoms with Crippen molar-refractivity contribution in [3.05, 3.63) is 66.4 Å². The Hall–Kier alpha value is -2.77. The second-order valence-electron chi connectivity index (χ2n) is 5.07. The van der Waals surface area contributed by atoms with Gasteiger partial charge in [0.2, 0.25) is 10.0 Å². The van der Waals surface area contributed by atoms with Crippen LogP contribution in [0.2, 0.25) is 0 Å². The van der Waals surface area contributed by atoms with Crippen LogP contribution in [0.4, 0.5) is 5.69 Å². The number of rotatable bonds is 4. The Morgan fingerprint density at radius 1 is 1.04 bits per heavy atom. The number of benzene rings is 2. The van der Waals surface area contributed by atoms with Crippen LogP contribution < -0.4 is 10.0 Å². The Morgan fingerprint density at radius 2 is 1.83 bits per heavy atom. The van der Waals surface area contributed by atoms with Crippen LogP contribution in [0.1, 0.15) is 10.4 Å². The van der Waals surface area contributed by atoms with E-state index in [1.54, 1.807) is 18.3 Å². The van der Waals surface area contributed by atoms with Gasteiger partial charge >= 0.3 is 0 Å². The lowest BCUT2D eigenvalue weighted by Gasteiger charge is -2.09. The van der Waals surface area contributed by atoms with Crippen molar-refractivity contribution in [1.82, 2.24) is 9.71 Å². The summed E-state index contributed by atoms with van der Waals surface area (Å²) in [6.45, 7) is 0. The molecule has 2 N–H and O–H groups in total. The molecule has 1 amide bonds. The van der Waals surface area contributed by atoms with Crippen LogP contribution in [0.3, 0.4) is 0 Å². The van der Waals surface area contributed by atoms with Gasteiger partial charge in [0.25, 0.3) is 5.91 Å². The van der Waals surface area contributed by atoms with Gasteiger partial charge in [-0.15, -0.1) is 0 Å². The number of fused-ring (bicyclic) bond motifs is 1. The molecule has 3 aromatic rings. The molecular weight excluding hydrogens is 326 g/mol. The molecule has 1 aromatic heterocycles. The summed E-state index contributed by atoms with van der Waals surface area (Å²) in [7, 11) is -2.28. The minimum Gasteiger partial charge on any atom is -0.321 e. The van der Waals surface area contributed by atoms with Gasteiger partial charge in [0.15, 0.2) is 0 Å². The number of aromatic nitrogens is 1. The molecule has 7 heteroatoms. The molecule has 0 spiro atoms. The van der Waals surface area contributed by atoms with E-state index in [4.69, 9.17) is 0 Å². The molecule has 0 fully saturated rings. The number of para-hydroxylation sites is 1. The van der Waals surface area contributed by atoms with Crippen LogP contribution in [0.25, 0.3) is 10.9 Å². The maximum absolute atomic E-state index is 12.5. The van der Waals surface area contributed by atoms with Gasteiger partial charge in [0, 0.05) is 17.1 Å². The SMILES string of the molecule is CNS(=O)(=O)c1cccc(C(=O)Nc2ccnc3ccccc23)c1. The van der Waals surface area contributed by atoms with Crippen molar-refractivity contribution in [2.24, 2.45) is 0 Å². The third kappa shape index (κ3) is 3.12. The average molecular weight is 341 g/mol. The first kappa shape index (κ1) is 16.1. The number of carbonyl (C=O) groups is 1. The molecule has 1 heterocycles. The summed E-state index contributed by atoms with van der Waals surface area (Å²) < 4.78 is 25.9. The predicted molar refractivity (Wildman–Crippen MR) is 92.4 cm³/mol. The quantitative estimate of drug-likeness (QED) is 0.763. The maximum atomic E-state index is 12.5. The first-order valence-electron chi connectivity index (χ1n) is 7.20. The van der Waals surface area contributed by atoms with Crippen molar-refractivity contribution in [1.29, 1.82) is 0 Å². The number of hydrogen-bond acceptors (Lipinski definition) is 4. The van der Waals surface area contributed by atoms with Crippen LogP contribution >= 0.6 is 0 Å². The highest BCUT2D eigenvalue weighted by molar-refractivity contribution is 7.89. The second kappa shape index (κ2) is 6.38. The van der Waals surface area contributed by atoms with Gasteiger partial charge in [-0.1, -0.05) is 24.3 Å². The first-order valence-corrected chi connectivity index (χ1v) is 8.68. The number of sulfonamides is 1. The van der Waals surface area contributed by atoms with Crippen LogP contribution in [-0.2, 0) is 10.0 Å². The van der Waals surface area contributed by atoms with E-state index in [1.165, 1.54) is 25.2 Å². The van der Waals surface area contributed by atoms with Crippen LogP contribution in [0, 0.1) is 0 Å². The van der Waals surface area contributed by atoms with Gasteiger partial charge in [-0.25, -0.2) is 13.1 Å². The van der Waals surface area contributed by atoms with Gasteiger partial charge < -0.3 is 5.32 Å². The molecule has 6 nitrogen and oxygen atoms in total. The summed E-state index contributed by atoms with van der Waals surface area (Å²) in [6.07, 6.45) is 1.61. The van der Waals surface area contributed by atoms with E-state index < -0.39 is 10.0 Å². The summed E-state index contributed by atoms with van der Waals surface area (Å²) in [4.78, 5) is 16.8. The van der Waals surface area contributed by atoms with E-state index in [-0.39, 0.29) is 16.4 Å². The number of pyridine rings is 1. The summed E-state index contributed by atoms with van der Waals surface area (Å²) in [5.41, 5.74) is 1.64. The predicted octanol–water partition coefficient (Wildman–Crippen LogP) is 2.40. The van der Waals surface area contributed by atoms with Crippen molar-refractivity contribution >= 4 is 32.5 Å². The van der Waals surface area contributed by atoms with Crippen molar-refractivity contribution in [3.8, 4) is 0 Å². The molecule has 0 bridgehead atoms. The number of nitrogens with one attached hydrogen (secondary N) is 2. The molecule has 0 radical (unpaired) electrons. The van der Waals surface area contributed by atoms with Crippen molar-refractivity contribution in [2.45, 2.75) is 4.90 Å². The number of nitrogens with zero attached hydrogens (tertiary/aromatic N) is 1. The molecule has 0 atom stereocenters. The van der Waals surface area contributed by atoms with Crippen molar-refractivity contribution in [3.63, 3.8) is 0 Å². The average Bonchev–Trinajstić information content (AvgIpc) is 2.62. The van der Waals surface area contributed by atoms with Crippen LogP contribution in [-0.4, -0.2) is 26.4 Å². The van der Waals surface area contributed by atoms with Crippen LogP contribution in [0.15, 0.2) is 65.7 Å². The molecule has 0 aliphatic carbocycles. The Labute approximate surface area is 139 Å². The molecule has 0 saturated heterocycles. The summed E-state index contributed by atoms with van der Waals surface area (Å²) >= 11 is 0. The summed E-state index contributed by atoms with van der Waals surface area (Å²) in [5.74, 6) is -0.389. The van der Waals surface area contributed by atoms with Gasteiger partial charge in [-0.2, -0.15) is 0 Å². The molecule has 2 aromatic carbocycles. The molecule has 0 saturated carbocycles. The highest BCUT2D eigenvalue weighted by atomic mass is 32.2. The third-order valence-corrected chi connectivity index (χ3v) is 4.98. The van der Waals surface area contributed by atoms with Crippen LogP contribution in [0.5, 0.6) is 0 Å². The molecular formula is C17H15N3O3S. The standard InChI is InChI=1S/C17H15N3O3S/c1-18-24(22,23)13-6-4-5-12(11-13)17(21)20-16-9-10-19-15-8-3-2-7-14(15)16/h2-11,18H,1H3,(H,19,20,21). The number of anilines is 1. The number of hydrogen-bond donors (Lipinski definition) is 2. The largest absolute Gasteiger partial charge is 0.321 e. The molecule has 3 rings (SSSR count). The van der Waals surface area contributed by atoms with Crippen molar-refractivity contribution < 1.29 is 13.2 Å². The van der Waals surface area contributed by atoms with E-state index in [0.717, 1.165) is 10.9 Å². The zero-order chi connectivity index (χ0) is 17.2. The fraction of sp³-hybridized carbons (Fsp3) is 0.0588. The second-order valence-corrected chi connectivity index (χ2v) is 6.95. The van der Waals surface area contributed by atoms with Gasteiger partial charge in [-0.3, -0.25) is 9.78 Å². The fourth-order valence-corrected chi connectivity index (χ4v) is 3.10. The highest BCUT2D eigenvalue weighted by Crippen LogP contribution is 2.22. The Balaban J connectivity index is 1.94. The maximum Gasteiger partial charge on any atom is 0.255 e. The topological polar surface area (TPSA) is 88.2 Å². The fourth-order valence-electron chi connectivity index (χ4n) is 2.32. The molecule has 122 valence electrons. The smallest absolute Gasteiger partial charge is 0.255 e. The minimum absolute atomic E-state index is 0.0391. The Kier molecular flexibility index (Phi) is 4.28. The van der Waals surface area contributed by atoms with E-state index in [2.05, 4.69) is 15.0 Å². The lowest BCUT2D eigenvalue weighted by Crippen LogP contribution is -2.19. The number of amides is 1. The Bertz CT molecular complexity index is 1010.